The first-order valence-electron chi connectivity index (χ1n) is 5.40. The van der Waals surface area contributed by atoms with E-state index in [1.54, 1.807) is 43.4 Å². The monoisotopic (exact) mass is 279 g/mol. The third-order valence-electron chi connectivity index (χ3n) is 2.31. The second-order valence-electron chi connectivity index (χ2n) is 3.63. The van der Waals surface area contributed by atoms with Crippen LogP contribution >= 0.6 is 12.4 Å². The zero-order valence-electron chi connectivity index (χ0n) is 10.3. The Bertz CT molecular complexity index is 558. The van der Waals surface area contributed by atoms with Gasteiger partial charge in [0.15, 0.2) is 0 Å². The lowest BCUT2D eigenvalue weighted by Crippen LogP contribution is -2.18. The average Bonchev–Trinajstić information content (AvgIpc) is 2.41. The van der Waals surface area contributed by atoms with E-state index in [9.17, 15) is 4.79 Å². The highest BCUT2D eigenvalue weighted by Gasteiger charge is 2.06. The Balaban J connectivity index is 0.00000180. The quantitative estimate of drug-likeness (QED) is 0.845. The van der Waals surface area contributed by atoms with E-state index in [1.165, 1.54) is 6.20 Å². The Morgan fingerprint density at radius 3 is 2.53 bits per heavy atom. The Hall–Kier alpha value is -2.27. The predicted octanol–water partition coefficient (Wildman–Crippen LogP) is 2.24. The molecule has 0 spiro atoms. The van der Waals surface area contributed by atoms with Crippen LogP contribution in [0.3, 0.4) is 0 Å². The number of rotatable bonds is 3. The van der Waals surface area contributed by atoms with E-state index in [0.29, 0.717) is 22.9 Å². The normalized spacial score (nSPS) is 9.32. The largest absolute Gasteiger partial charge is 0.457 e. The Kier molecular flexibility index (Phi) is 5.14. The van der Waals surface area contributed by atoms with Gasteiger partial charge in [0.2, 0.25) is 0 Å². The first-order chi connectivity index (χ1) is 8.69. The third-order valence-corrected chi connectivity index (χ3v) is 2.31. The number of benzene rings is 1. The summed E-state index contributed by atoms with van der Waals surface area (Å²) in [6, 6.07) is 10.3. The van der Waals surface area contributed by atoms with Crippen molar-refractivity contribution in [2.75, 3.05) is 12.8 Å². The van der Waals surface area contributed by atoms with Crippen molar-refractivity contribution in [1.29, 1.82) is 0 Å². The van der Waals surface area contributed by atoms with Crippen molar-refractivity contribution in [2.45, 2.75) is 0 Å². The van der Waals surface area contributed by atoms with E-state index in [2.05, 4.69) is 10.3 Å². The first-order valence-corrected chi connectivity index (χ1v) is 5.40. The molecular weight excluding hydrogens is 266 g/mol. The van der Waals surface area contributed by atoms with Crippen LogP contribution < -0.4 is 15.8 Å². The van der Waals surface area contributed by atoms with Gasteiger partial charge in [-0.15, -0.1) is 12.4 Å². The van der Waals surface area contributed by atoms with Crippen molar-refractivity contribution >= 4 is 24.0 Å². The maximum atomic E-state index is 11.4. The molecule has 5 nitrogen and oxygen atoms in total. The van der Waals surface area contributed by atoms with Gasteiger partial charge in [-0.1, -0.05) is 0 Å². The van der Waals surface area contributed by atoms with Crippen molar-refractivity contribution in [2.24, 2.45) is 0 Å². The van der Waals surface area contributed by atoms with Crippen LogP contribution in [0.5, 0.6) is 11.5 Å². The van der Waals surface area contributed by atoms with Crippen LogP contribution in [0, 0.1) is 0 Å². The molecule has 19 heavy (non-hydrogen) atoms. The van der Waals surface area contributed by atoms with Crippen LogP contribution in [0.4, 0.5) is 5.69 Å². The molecule has 1 amide bonds. The number of nitrogens with zero attached hydrogens (tertiary/aromatic N) is 1. The summed E-state index contributed by atoms with van der Waals surface area (Å²) in [7, 11) is 1.55. The number of carbonyl (C=O) groups excluding carboxylic acids is 1. The zero-order valence-corrected chi connectivity index (χ0v) is 11.1. The van der Waals surface area contributed by atoms with Gasteiger partial charge in [-0.2, -0.15) is 0 Å². The lowest BCUT2D eigenvalue weighted by atomic mass is 10.3. The van der Waals surface area contributed by atoms with Gasteiger partial charge in [0.25, 0.3) is 5.91 Å². The van der Waals surface area contributed by atoms with Crippen LogP contribution in [0.2, 0.25) is 0 Å². The highest BCUT2D eigenvalue weighted by molar-refractivity contribution is 5.92. The third kappa shape index (κ3) is 3.86. The summed E-state index contributed by atoms with van der Waals surface area (Å²) in [6.07, 6.45) is 1.53. The van der Waals surface area contributed by atoms with E-state index < -0.39 is 0 Å². The summed E-state index contributed by atoms with van der Waals surface area (Å²) in [5, 5.41) is 2.51. The van der Waals surface area contributed by atoms with Crippen molar-refractivity contribution in [3.8, 4) is 11.5 Å². The molecule has 0 aliphatic heterocycles. The minimum absolute atomic E-state index is 0. The number of aromatic nitrogens is 1. The number of halogens is 1. The molecular formula is C13H14ClN3O2. The molecule has 0 saturated carbocycles. The molecule has 6 heteroatoms. The lowest BCUT2D eigenvalue weighted by molar-refractivity contribution is 0.0958. The number of ether oxygens (including phenoxy) is 1. The topological polar surface area (TPSA) is 77.2 Å². The van der Waals surface area contributed by atoms with Gasteiger partial charge < -0.3 is 15.8 Å². The molecule has 3 N–H and O–H groups in total. The summed E-state index contributed by atoms with van der Waals surface area (Å²) in [5.41, 5.74) is 6.56. The molecule has 1 aromatic heterocycles. The molecule has 1 aromatic carbocycles. The molecule has 0 saturated heterocycles. The summed E-state index contributed by atoms with van der Waals surface area (Å²) in [6.45, 7) is 0. The fourth-order valence-electron chi connectivity index (χ4n) is 1.40. The molecule has 0 bridgehead atoms. The average molecular weight is 280 g/mol. The van der Waals surface area contributed by atoms with Gasteiger partial charge >= 0.3 is 0 Å². The Morgan fingerprint density at radius 2 is 1.89 bits per heavy atom. The zero-order chi connectivity index (χ0) is 13.0. The fourth-order valence-corrected chi connectivity index (χ4v) is 1.40. The minimum Gasteiger partial charge on any atom is -0.457 e. The second-order valence-corrected chi connectivity index (χ2v) is 3.63. The molecule has 1 heterocycles. The standard InChI is InChI=1S/C13H13N3O2.ClH/c1-15-13(17)12-8-11(6-7-16-12)18-10-4-2-9(14)3-5-10;/h2-8H,14H2,1H3,(H,15,17);1H. The van der Waals surface area contributed by atoms with E-state index >= 15 is 0 Å². The van der Waals surface area contributed by atoms with E-state index in [4.69, 9.17) is 10.5 Å². The smallest absolute Gasteiger partial charge is 0.269 e. The van der Waals surface area contributed by atoms with Gasteiger partial charge in [-0.05, 0) is 30.3 Å². The van der Waals surface area contributed by atoms with Crippen LogP contribution in [0.1, 0.15) is 10.5 Å². The number of hydrogen-bond donors (Lipinski definition) is 2. The first kappa shape index (κ1) is 14.8. The van der Waals surface area contributed by atoms with Crippen molar-refractivity contribution in [1.82, 2.24) is 10.3 Å². The SMILES string of the molecule is CNC(=O)c1cc(Oc2ccc(N)cc2)ccn1.Cl. The summed E-state index contributed by atoms with van der Waals surface area (Å²) < 4.78 is 5.59. The van der Waals surface area contributed by atoms with Gasteiger partial charge in [-0.3, -0.25) is 9.78 Å². The van der Waals surface area contributed by atoms with E-state index in [1.807, 2.05) is 0 Å². The summed E-state index contributed by atoms with van der Waals surface area (Å²) >= 11 is 0. The number of nitrogens with one attached hydrogen (secondary N) is 1. The molecule has 100 valence electrons. The van der Waals surface area contributed by atoms with E-state index in [-0.39, 0.29) is 18.3 Å². The van der Waals surface area contributed by atoms with Crippen molar-refractivity contribution < 1.29 is 9.53 Å². The molecule has 0 fully saturated rings. The lowest BCUT2D eigenvalue weighted by Gasteiger charge is -2.06. The second kappa shape index (κ2) is 6.61. The Labute approximate surface area is 117 Å². The van der Waals surface area contributed by atoms with Gasteiger partial charge in [0.05, 0.1) is 0 Å². The predicted molar refractivity (Wildman–Crippen MR) is 75.8 cm³/mol. The summed E-state index contributed by atoms with van der Waals surface area (Å²) in [5.74, 6) is 0.949. The van der Waals surface area contributed by atoms with Crippen molar-refractivity contribution in [3.05, 3.63) is 48.3 Å². The van der Waals surface area contributed by atoms with Crippen LogP contribution in [-0.4, -0.2) is 17.9 Å². The molecule has 0 aliphatic rings. The highest BCUT2D eigenvalue weighted by atomic mass is 35.5. The number of pyridine rings is 1. The Morgan fingerprint density at radius 1 is 1.21 bits per heavy atom. The van der Waals surface area contributed by atoms with E-state index in [0.717, 1.165) is 0 Å². The van der Waals surface area contributed by atoms with Crippen LogP contribution in [0.15, 0.2) is 42.6 Å². The number of nitrogens with two attached hydrogens (primary N) is 1. The molecule has 0 aliphatic carbocycles. The number of hydrogen-bond acceptors (Lipinski definition) is 4. The maximum absolute atomic E-state index is 11.4. The van der Waals surface area contributed by atoms with Gasteiger partial charge in [0.1, 0.15) is 17.2 Å². The fraction of sp³-hybridized carbons (Fsp3) is 0.0769. The van der Waals surface area contributed by atoms with Gasteiger partial charge in [0, 0.05) is 25.0 Å². The number of nitrogen functional groups attached to an aromatic ring is 1. The summed E-state index contributed by atoms with van der Waals surface area (Å²) in [4.78, 5) is 15.4. The molecule has 0 unspecified atom stereocenters. The van der Waals surface area contributed by atoms with Gasteiger partial charge in [-0.25, -0.2) is 0 Å². The number of anilines is 1. The molecule has 2 aromatic rings. The number of amides is 1. The van der Waals surface area contributed by atoms with Crippen molar-refractivity contribution in [3.63, 3.8) is 0 Å². The van der Waals surface area contributed by atoms with Crippen LogP contribution in [0.25, 0.3) is 0 Å². The molecule has 0 atom stereocenters. The number of carbonyl (C=O) groups is 1. The maximum Gasteiger partial charge on any atom is 0.269 e. The highest BCUT2D eigenvalue weighted by Crippen LogP contribution is 2.22. The minimum atomic E-state index is -0.252. The molecule has 2 rings (SSSR count). The molecule has 0 radical (unpaired) electrons. The van der Waals surface area contributed by atoms with Crippen LogP contribution in [-0.2, 0) is 0 Å².